The van der Waals surface area contributed by atoms with Gasteiger partial charge in [0.05, 0.1) is 0 Å². The lowest BCUT2D eigenvalue weighted by Gasteiger charge is -2.31. The summed E-state index contributed by atoms with van der Waals surface area (Å²) in [7, 11) is 0. The van der Waals surface area contributed by atoms with Crippen molar-refractivity contribution in [3.05, 3.63) is 6.33 Å². The summed E-state index contributed by atoms with van der Waals surface area (Å²) in [5.41, 5.74) is 5.39. The van der Waals surface area contributed by atoms with Crippen LogP contribution in [0.3, 0.4) is 0 Å². The number of nitrogens with zero attached hydrogens (tertiary/aromatic N) is 4. The molecule has 1 aromatic rings. The van der Waals surface area contributed by atoms with Crippen molar-refractivity contribution in [1.82, 2.24) is 25.0 Å². The Hall–Kier alpha value is -1.63. The molecule has 1 amide bonds. The number of nitrogen functional groups attached to an aromatic ring is 1. The van der Waals surface area contributed by atoms with Gasteiger partial charge in [-0.2, -0.15) is 0 Å². The third kappa shape index (κ3) is 4.20. The van der Waals surface area contributed by atoms with Gasteiger partial charge in [-0.25, -0.2) is 9.67 Å². The number of rotatable bonds is 5. The zero-order chi connectivity index (χ0) is 13.7. The van der Waals surface area contributed by atoms with Gasteiger partial charge in [0.25, 0.3) is 0 Å². The van der Waals surface area contributed by atoms with Crippen LogP contribution < -0.4 is 11.1 Å². The van der Waals surface area contributed by atoms with Crippen LogP contribution in [0.4, 0.5) is 5.95 Å². The van der Waals surface area contributed by atoms with Crippen LogP contribution in [0.1, 0.15) is 19.8 Å². The zero-order valence-corrected chi connectivity index (χ0v) is 11.4. The van der Waals surface area contributed by atoms with Crippen LogP contribution in [0.5, 0.6) is 0 Å². The molecule has 0 radical (unpaired) electrons. The standard InChI is InChI=1S/C12H22N6O/c1-2-17-5-3-10(4-6-17)7-14-11(19)8-18-9-15-12(13)16-18/h9-10H,2-8H2,1H3,(H2,13,16)(H,14,19). The normalized spacial score (nSPS) is 17.5. The average molecular weight is 266 g/mol. The highest BCUT2D eigenvalue weighted by molar-refractivity contribution is 5.75. The Morgan fingerprint density at radius 3 is 2.84 bits per heavy atom. The lowest BCUT2D eigenvalue weighted by Crippen LogP contribution is -2.39. The maximum atomic E-state index is 11.7. The molecule has 3 N–H and O–H groups in total. The molecule has 106 valence electrons. The predicted octanol–water partition coefficient (Wildman–Crippen LogP) is -0.292. The first-order chi connectivity index (χ1) is 9.17. The van der Waals surface area contributed by atoms with E-state index in [1.54, 1.807) is 0 Å². The van der Waals surface area contributed by atoms with E-state index in [0.717, 1.165) is 39.0 Å². The van der Waals surface area contributed by atoms with Gasteiger partial charge in [-0.3, -0.25) is 4.79 Å². The molecule has 0 bridgehead atoms. The van der Waals surface area contributed by atoms with Crippen molar-refractivity contribution in [1.29, 1.82) is 0 Å². The third-order valence-electron chi connectivity index (χ3n) is 3.60. The summed E-state index contributed by atoms with van der Waals surface area (Å²) < 4.78 is 1.45. The van der Waals surface area contributed by atoms with Crippen LogP contribution in [-0.4, -0.2) is 51.8 Å². The minimum Gasteiger partial charge on any atom is -0.367 e. The smallest absolute Gasteiger partial charge is 0.241 e. The van der Waals surface area contributed by atoms with E-state index >= 15 is 0 Å². The fourth-order valence-electron chi connectivity index (χ4n) is 2.35. The molecule has 7 heteroatoms. The highest BCUT2D eigenvalue weighted by atomic mass is 16.2. The summed E-state index contributed by atoms with van der Waals surface area (Å²) >= 11 is 0. The highest BCUT2D eigenvalue weighted by Gasteiger charge is 2.18. The molecule has 2 heterocycles. The molecule has 1 saturated heterocycles. The zero-order valence-electron chi connectivity index (χ0n) is 11.4. The fourth-order valence-corrected chi connectivity index (χ4v) is 2.35. The van der Waals surface area contributed by atoms with Crippen molar-refractivity contribution in [3.63, 3.8) is 0 Å². The number of anilines is 1. The number of carbonyl (C=O) groups excluding carboxylic acids is 1. The molecule has 1 fully saturated rings. The number of hydrogen-bond acceptors (Lipinski definition) is 5. The molecule has 0 saturated carbocycles. The molecular formula is C12H22N6O. The Bertz CT molecular complexity index is 410. The van der Waals surface area contributed by atoms with Gasteiger partial charge in [0.15, 0.2) is 0 Å². The van der Waals surface area contributed by atoms with Crippen LogP contribution in [0.25, 0.3) is 0 Å². The summed E-state index contributed by atoms with van der Waals surface area (Å²) in [5.74, 6) is 0.745. The second kappa shape index (κ2) is 6.51. The highest BCUT2D eigenvalue weighted by Crippen LogP contribution is 2.15. The molecule has 0 spiro atoms. The Labute approximate surface area is 113 Å². The SMILES string of the molecule is CCN1CCC(CNC(=O)Cn2cnc(N)n2)CC1. The largest absolute Gasteiger partial charge is 0.367 e. The molecular weight excluding hydrogens is 244 g/mol. The summed E-state index contributed by atoms with van der Waals surface area (Å²) in [6.07, 6.45) is 3.78. The van der Waals surface area contributed by atoms with Gasteiger partial charge in [0.2, 0.25) is 11.9 Å². The predicted molar refractivity (Wildman–Crippen MR) is 72.3 cm³/mol. The lowest BCUT2D eigenvalue weighted by atomic mass is 9.97. The quantitative estimate of drug-likeness (QED) is 0.764. The summed E-state index contributed by atoms with van der Waals surface area (Å²) in [4.78, 5) is 18.0. The fraction of sp³-hybridized carbons (Fsp3) is 0.750. The summed E-state index contributed by atoms with van der Waals surface area (Å²) in [5, 5.41) is 6.84. The molecule has 1 aromatic heterocycles. The topological polar surface area (TPSA) is 89.1 Å². The van der Waals surface area contributed by atoms with E-state index < -0.39 is 0 Å². The second-order valence-electron chi connectivity index (χ2n) is 4.98. The molecule has 19 heavy (non-hydrogen) atoms. The van der Waals surface area contributed by atoms with Gasteiger partial charge in [0, 0.05) is 6.54 Å². The number of carbonyl (C=O) groups is 1. The van der Waals surface area contributed by atoms with Crippen molar-refractivity contribution in [3.8, 4) is 0 Å². The van der Waals surface area contributed by atoms with Crippen LogP contribution in [-0.2, 0) is 11.3 Å². The first-order valence-corrected chi connectivity index (χ1v) is 6.81. The van der Waals surface area contributed by atoms with Gasteiger partial charge in [-0.1, -0.05) is 6.92 Å². The van der Waals surface area contributed by atoms with Crippen molar-refractivity contribution in [2.24, 2.45) is 5.92 Å². The maximum absolute atomic E-state index is 11.7. The Morgan fingerprint density at radius 1 is 1.53 bits per heavy atom. The van der Waals surface area contributed by atoms with Gasteiger partial charge in [-0.05, 0) is 38.4 Å². The monoisotopic (exact) mass is 266 g/mol. The van der Waals surface area contributed by atoms with Gasteiger partial charge in [0.1, 0.15) is 12.9 Å². The van der Waals surface area contributed by atoms with Crippen molar-refractivity contribution < 1.29 is 4.79 Å². The van der Waals surface area contributed by atoms with Crippen LogP contribution in [0, 0.1) is 5.92 Å². The number of piperidine rings is 1. The third-order valence-corrected chi connectivity index (χ3v) is 3.60. The number of likely N-dealkylation sites (tertiary alicyclic amines) is 1. The second-order valence-corrected chi connectivity index (χ2v) is 4.98. The van der Waals surface area contributed by atoms with E-state index in [0.29, 0.717) is 5.92 Å². The van der Waals surface area contributed by atoms with Gasteiger partial charge in [-0.15, -0.1) is 5.10 Å². The average Bonchev–Trinajstić information content (AvgIpc) is 2.82. The van der Waals surface area contributed by atoms with E-state index in [2.05, 4.69) is 27.2 Å². The van der Waals surface area contributed by atoms with Gasteiger partial charge < -0.3 is 16.0 Å². The van der Waals surface area contributed by atoms with E-state index in [1.807, 2.05) is 0 Å². The minimum atomic E-state index is -0.0391. The van der Waals surface area contributed by atoms with E-state index in [-0.39, 0.29) is 18.4 Å². The molecule has 0 aliphatic carbocycles. The van der Waals surface area contributed by atoms with E-state index in [1.165, 1.54) is 11.0 Å². The van der Waals surface area contributed by atoms with E-state index in [4.69, 9.17) is 5.73 Å². The number of nitrogens with two attached hydrogens (primary N) is 1. The molecule has 0 aromatic carbocycles. The Morgan fingerprint density at radius 2 is 2.26 bits per heavy atom. The Kier molecular flexibility index (Phi) is 4.73. The van der Waals surface area contributed by atoms with Crippen LogP contribution in [0.15, 0.2) is 6.33 Å². The lowest BCUT2D eigenvalue weighted by molar-refractivity contribution is -0.122. The molecule has 0 unspecified atom stereocenters. The first kappa shape index (κ1) is 13.8. The van der Waals surface area contributed by atoms with Crippen molar-refractivity contribution in [2.45, 2.75) is 26.3 Å². The molecule has 0 atom stereocenters. The number of hydrogen-bond donors (Lipinski definition) is 2. The molecule has 1 aliphatic heterocycles. The summed E-state index contributed by atoms with van der Waals surface area (Å²) in [6.45, 7) is 6.50. The van der Waals surface area contributed by atoms with Crippen molar-refractivity contribution >= 4 is 11.9 Å². The molecule has 2 rings (SSSR count). The number of amides is 1. The van der Waals surface area contributed by atoms with Crippen molar-refractivity contribution in [2.75, 3.05) is 31.9 Å². The van der Waals surface area contributed by atoms with Crippen LogP contribution in [0.2, 0.25) is 0 Å². The van der Waals surface area contributed by atoms with E-state index in [9.17, 15) is 4.79 Å². The summed E-state index contributed by atoms with van der Waals surface area (Å²) in [6, 6.07) is 0. The number of aromatic nitrogens is 3. The van der Waals surface area contributed by atoms with Crippen LogP contribution >= 0.6 is 0 Å². The van der Waals surface area contributed by atoms with Gasteiger partial charge >= 0.3 is 0 Å². The maximum Gasteiger partial charge on any atom is 0.241 e. The molecule has 7 nitrogen and oxygen atoms in total. The molecule has 1 aliphatic rings. The first-order valence-electron chi connectivity index (χ1n) is 6.81. The minimum absolute atomic E-state index is 0.0391. The number of nitrogens with one attached hydrogen (secondary N) is 1. The Balaban J connectivity index is 1.67.